The van der Waals surface area contributed by atoms with Gasteiger partial charge < -0.3 is 25.8 Å². The number of ether oxygens (including phenoxy) is 1. The highest BCUT2D eigenvalue weighted by atomic mass is 19.2. The van der Waals surface area contributed by atoms with Gasteiger partial charge in [0.05, 0.1) is 25.3 Å². The molecule has 3 rings (SSSR count). The Morgan fingerprint density at radius 2 is 1.72 bits per heavy atom. The van der Waals surface area contributed by atoms with Crippen molar-refractivity contribution in [2.45, 2.75) is 57.9 Å². The second-order valence-corrected chi connectivity index (χ2v) is 9.73. The van der Waals surface area contributed by atoms with E-state index in [1.165, 1.54) is 0 Å². The number of amides is 3. The molecule has 0 spiro atoms. The number of methoxy groups -OCH3 is 1. The smallest absolute Gasteiger partial charge is 0.319 e. The molecule has 1 saturated carbocycles. The minimum absolute atomic E-state index is 0.00954. The molecule has 1 aliphatic rings. The van der Waals surface area contributed by atoms with Gasteiger partial charge in [-0.1, -0.05) is 44.7 Å². The quantitative estimate of drug-likeness (QED) is 0.265. The lowest BCUT2D eigenvalue weighted by Crippen LogP contribution is -2.38. The molecule has 4 N–H and O–H groups in total. The van der Waals surface area contributed by atoms with Crippen LogP contribution in [-0.2, 0) is 4.79 Å². The molecular weight excluding hydrogens is 515 g/mol. The van der Waals surface area contributed by atoms with Crippen LogP contribution in [0.4, 0.5) is 23.7 Å². The number of carboxylic acid groups (broad SMARTS) is 1. The van der Waals surface area contributed by atoms with E-state index in [0.717, 1.165) is 45.6 Å². The zero-order valence-corrected chi connectivity index (χ0v) is 22.0. The van der Waals surface area contributed by atoms with E-state index >= 15 is 0 Å². The average molecular weight is 550 g/mol. The fourth-order valence-corrected chi connectivity index (χ4v) is 5.07. The highest BCUT2D eigenvalue weighted by Crippen LogP contribution is 2.39. The molecule has 0 heterocycles. The highest BCUT2D eigenvalue weighted by Gasteiger charge is 2.30. The number of urea groups is 1. The largest absolute Gasteiger partial charge is 0.491 e. The summed E-state index contributed by atoms with van der Waals surface area (Å²) in [6.45, 7) is 2.13. The third-order valence-corrected chi connectivity index (χ3v) is 7.07. The van der Waals surface area contributed by atoms with Crippen molar-refractivity contribution < 1.29 is 37.4 Å². The Morgan fingerprint density at radius 1 is 1.05 bits per heavy atom. The molecule has 1 atom stereocenters. The van der Waals surface area contributed by atoms with Gasteiger partial charge in [0.15, 0.2) is 17.4 Å². The lowest BCUT2D eigenvalue weighted by molar-refractivity contribution is -0.136. The van der Waals surface area contributed by atoms with Crippen molar-refractivity contribution in [3.63, 3.8) is 0 Å². The predicted molar refractivity (Wildman–Crippen MR) is 139 cm³/mol. The van der Waals surface area contributed by atoms with E-state index in [-0.39, 0.29) is 18.9 Å². The van der Waals surface area contributed by atoms with E-state index in [4.69, 9.17) is 5.11 Å². The molecule has 8 nitrogen and oxygen atoms in total. The Labute approximate surface area is 225 Å². The number of carboxylic acids is 1. The van der Waals surface area contributed by atoms with Crippen molar-refractivity contribution in [2.24, 2.45) is 11.8 Å². The van der Waals surface area contributed by atoms with E-state index in [1.54, 1.807) is 24.3 Å². The summed E-state index contributed by atoms with van der Waals surface area (Å²) >= 11 is 0. The van der Waals surface area contributed by atoms with E-state index < -0.39 is 52.8 Å². The molecule has 1 unspecified atom stereocenters. The zero-order chi connectivity index (χ0) is 28.5. The SMILES string of the molecule is CCCC1CCC(C(NC(=O)Nc2cc(F)c(OC)c(F)c2F)c2ccc(C(=O)NCCC(=O)O)cc2)CC1. The number of nitrogens with one attached hydrogen (secondary N) is 3. The van der Waals surface area contributed by atoms with Gasteiger partial charge in [0.2, 0.25) is 5.82 Å². The normalized spacial score (nSPS) is 17.7. The molecule has 1 fully saturated rings. The summed E-state index contributed by atoms with van der Waals surface area (Å²) in [7, 11) is 1.01. The molecule has 0 aliphatic heterocycles. The minimum Gasteiger partial charge on any atom is -0.491 e. The zero-order valence-electron chi connectivity index (χ0n) is 22.0. The van der Waals surface area contributed by atoms with E-state index in [0.29, 0.717) is 23.1 Å². The maximum atomic E-state index is 14.4. The third kappa shape index (κ3) is 7.87. The second-order valence-electron chi connectivity index (χ2n) is 9.73. The van der Waals surface area contributed by atoms with Crippen LogP contribution in [0, 0.1) is 29.3 Å². The number of carbonyl (C=O) groups is 3. The van der Waals surface area contributed by atoms with Crippen LogP contribution in [0.25, 0.3) is 0 Å². The molecule has 39 heavy (non-hydrogen) atoms. The topological polar surface area (TPSA) is 117 Å². The number of benzene rings is 2. The van der Waals surface area contributed by atoms with Crippen molar-refractivity contribution in [2.75, 3.05) is 19.0 Å². The van der Waals surface area contributed by atoms with Crippen LogP contribution in [0.5, 0.6) is 5.75 Å². The van der Waals surface area contributed by atoms with Gasteiger partial charge in [-0.2, -0.15) is 4.39 Å². The first-order chi connectivity index (χ1) is 18.6. The molecule has 212 valence electrons. The van der Waals surface area contributed by atoms with Crippen LogP contribution < -0.4 is 20.7 Å². The molecule has 2 aromatic carbocycles. The van der Waals surface area contributed by atoms with Gasteiger partial charge in [-0.05, 0) is 42.4 Å². The van der Waals surface area contributed by atoms with Crippen LogP contribution in [0.3, 0.4) is 0 Å². The fourth-order valence-electron chi connectivity index (χ4n) is 5.07. The standard InChI is InChI=1S/C28H34F3N3O5/c1-3-4-16-5-7-17(8-6-16)25(18-9-11-19(12-10-18)27(37)32-14-13-22(35)36)34-28(38)33-21-15-20(29)26(39-2)24(31)23(21)30/h9-12,15-17,25H,3-8,13-14H2,1-2H3,(H,32,37)(H,35,36)(H2,33,34,38). The van der Waals surface area contributed by atoms with Crippen molar-refractivity contribution in [3.05, 3.63) is 58.9 Å². The molecule has 0 radical (unpaired) electrons. The molecule has 2 aromatic rings. The maximum absolute atomic E-state index is 14.4. The number of halogens is 3. The van der Waals surface area contributed by atoms with Gasteiger partial charge in [-0.3, -0.25) is 9.59 Å². The molecule has 11 heteroatoms. The molecule has 0 bridgehead atoms. The summed E-state index contributed by atoms with van der Waals surface area (Å²) in [5.74, 6) is -5.82. The van der Waals surface area contributed by atoms with E-state index in [9.17, 15) is 27.6 Å². The van der Waals surface area contributed by atoms with Gasteiger partial charge in [0, 0.05) is 18.2 Å². The van der Waals surface area contributed by atoms with Crippen LogP contribution in [0.2, 0.25) is 0 Å². The van der Waals surface area contributed by atoms with Crippen molar-refractivity contribution in [3.8, 4) is 5.75 Å². The van der Waals surface area contributed by atoms with Crippen molar-refractivity contribution >= 4 is 23.6 Å². The van der Waals surface area contributed by atoms with Crippen LogP contribution in [0.1, 0.15) is 73.8 Å². The Morgan fingerprint density at radius 3 is 2.31 bits per heavy atom. The number of carbonyl (C=O) groups excluding carboxylic acids is 2. The van der Waals surface area contributed by atoms with Gasteiger partial charge in [0.1, 0.15) is 0 Å². The summed E-state index contributed by atoms with van der Waals surface area (Å²) in [5, 5.41) is 16.3. The van der Waals surface area contributed by atoms with Crippen molar-refractivity contribution in [1.29, 1.82) is 0 Å². The number of hydrogen-bond acceptors (Lipinski definition) is 4. The first kappa shape index (κ1) is 29.8. The molecule has 0 saturated heterocycles. The average Bonchev–Trinajstić information content (AvgIpc) is 2.91. The summed E-state index contributed by atoms with van der Waals surface area (Å²) in [4.78, 5) is 35.9. The summed E-state index contributed by atoms with van der Waals surface area (Å²) in [6, 6.07) is 5.86. The first-order valence-corrected chi connectivity index (χ1v) is 13.0. The lowest BCUT2D eigenvalue weighted by atomic mass is 9.75. The Balaban J connectivity index is 1.78. The van der Waals surface area contributed by atoms with Crippen LogP contribution >= 0.6 is 0 Å². The molecule has 1 aliphatic carbocycles. The highest BCUT2D eigenvalue weighted by molar-refractivity contribution is 5.94. The van der Waals surface area contributed by atoms with Crippen LogP contribution in [-0.4, -0.2) is 36.7 Å². The number of anilines is 1. The van der Waals surface area contributed by atoms with E-state index in [1.807, 2.05) is 0 Å². The molecule has 3 amide bonds. The van der Waals surface area contributed by atoms with Gasteiger partial charge in [0.25, 0.3) is 5.91 Å². The predicted octanol–water partition coefficient (Wildman–Crippen LogP) is 5.79. The lowest BCUT2D eigenvalue weighted by Gasteiger charge is -2.34. The maximum Gasteiger partial charge on any atom is 0.319 e. The third-order valence-electron chi connectivity index (χ3n) is 7.07. The Bertz CT molecular complexity index is 1170. The summed E-state index contributed by atoms with van der Waals surface area (Å²) < 4.78 is 47.2. The molecule has 0 aromatic heterocycles. The van der Waals surface area contributed by atoms with Crippen LogP contribution in [0.15, 0.2) is 30.3 Å². The first-order valence-electron chi connectivity index (χ1n) is 13.0. The monoisotopic (exact) mass is 549 g/mol. The van der Waals surface area contributed by atoms with Gasteiger partial charge in [-0.15, -0.1) is 0 Å². The summed E-state index contributed by atoms with van der Waals surface area (Å²) in [5.41, 5.74) is 0.367. The minimum atomic E-state index is -1.55. The number of hydrogen-bond donors (Lipinski definition) is 4. The van der Waals surface area contributed by atoms with Crippen molar-refractivity contribution in [1.82, 2.24) is 10.6 Å². The summed E-state index contributed by atoms with van der Waals surface area (Å²) in [6.07, 6.45) is 5.69. The number of rotatable bonds is 11. The number of aliphatic carboxylic acids is 1. The van der Waals surface area contributed by atoms with Gasteiger partial charge in [-0.25, -0.2) is 13.6 Å². The fraction of sp³-hybridized carbons (Fsp3) is 0.464. The van der Waals surface area contributed by atoms with E-state index in [2.05, 4.69) is 27.6 Å². The molecular formula is C28H34F3N3O5. The van der Waals surface area contributed by atoms with Gasteiger partial charge >= 0.3 is 12.0 Å². The Kier molecular flexibility index (Phi) is 10.6. The Hall–Kier alpha value is -3.76. The second kappa shape index (κ2) is 13.9.